The number of nitrogens with zero attached hydrogens (tertiary/aromatic N) is 3. The average Bonchev–Trinajstić information content (AvgIpc) is 2.79. The number of carbonyl (C=O) groups excluding carboxylic acids is 2. The highest BCUT2D eigenvalue weighted by Gasteiger charge is 2.22. The van der Waals surface area contributed by atoms with Crippen LogP contribution in [0.4, 0.5) is 5.69 Å². The van der Waals surface area contributed by atoms with Gasteiger partial charge in [0.25, 0.3) is 0 Å². The van der Waals surface area contributed by atoms with Gasteiger partial charge in [0.15, 0.2) is 5.75 Å². The van der Waals surface area contributed by atoms with Gasteiger partial charge in [-0.3, -0.25) is 19.4 Å². The van der Waals surface area contributed by atoms with E-state index in [0.717, 1.165) is 50.6 Å². The van der Waals surface area contributed by atoms with Gasteiger partial charge in [-0.2, -0.15) is 0 Å². The number of para-hydroxylation sites is 2. The topological polar surface area (TPSA) is 65.1 Å². The Bertz CT molecular complexity index is 888. The average molecular weight is 439 g/mol. The molecule has 0 saturated carbocycles. The van der Waals surface area contributed by atoms with Crippen LogP contribution >= 0.6 is 0 Å². The zero-order valence-corrected chi connectivity index (χ0v) is 19.3. The first kappa shape index (κ1) is 23.8. The van der Waals surface area contributed by atoms with Crippen molar-refractivity contribution < 1.29 is 14.3 Å². The van der Waals surface area contributed by atoms with Crippen LogP contribution in [0.5, 0.6) is 11.5 Å². The Labute approximate surface area is 190 Å². The number of rotatable bonds is 9. The number of anilines is 1. The van der Waals surface area contributed by atoms with Crippen LogP contribution in [0, 0.1) is 6.92 Å². The lowest BCUT2D eigenvalue weighted by Crippen LogP contribution is -2.51. The second-order valence-electron chi connectivity index (χ2n) is 8.08. The van der Waals surface area contributed by atoms with Crippen LogP contribution in [-0.2, 0) is 9.59 Å². The zero-order valence-electron chi connectivity index (χ0n) is 19.3. The molecule has 0 radical (unpaired) electrons. The predicted octanol–water partition coefficient (Wildman–Crippen LogP) is 3.21. The van der Waals surface area contributed by atoms with Crippen LogP contribution < -0.4 is 10.1 Å². The van der Waals surface area contributed by atoms with E-state index in [0.29, 0.717) is 24.5 Å². The highest BCUT2D eigenvalue weighted by atomic mass is 16.5. The molecule has 0 aliphatic carbocycles. The second kappa shape index (κ2) is 11.6. The Morgan fingerprint density at radius 3 is 2.12 bits per heavy atom. The highest BCUT2D eigenvalue weighted by Crippen LogP contribution is 2.29. The number of likely N-dealkylation sites (N-methyl/N-ethyl adjacent to an activating group) is 1. The second-order valence-corrected chi connectivity index (χ2v) is 8.08. The van der Waals surface area contributed by atoms with Crippen LogP contribution in [0.15, 0.2) is 48.5 Å². The first-order chi connectivity index (χ1) is 15.5. The van der Waals surface area contributed by atoms with Crippen molar-refractivity contribution in [3.63, 3.8) is 0 Å². The molecule has 1 fully saturated rings. The number of hydrogen-bond donors (Lipinski definition) is 1. The Hall–Kier alpha value is -2.90. The van der Waals surface area contributed by atoms with E-state index in [4.69, 9.17) is 4.74 Å². The summed E-state index contributed by atoms with van der Waals surface area (Å²) in [6, 6.07) is 15.3. The highest BCUT2D eigenvalue weighted by molar-refractivity contribution is 5.93. The fourth-order valence-electron chi connectivity index (χ4n) is 3.76. The smallest absolute Gasteiger partial charge is 0.238 e. The molecule has 0 unspecified atom stereocenters. The predicted molar refractivity (Wildman–Crippen MR) is 127 cm³/mol. The third kappa shape index (κ3) is 6.80. The van der Waals surface area contributed by atoms with E-state index < -0.39 is 0 Å². The molecule has 1 aliphatic rings. The number of piperazine rings is 1. The zero-order chi connectivity index (χ0) is 22.9. The van der Waals surface area contributed by atoms with Gasteiger partial charge >= 0.3 is 0 Å². The minimum atomic E-state index is -0.0716. The van der Waals surface area contributed by atoms with Crippen molar-refractivity contribution in [2.24, 2.45) is 0 Å². The number of carbonyl (C=O) groups is 2. The lowest BCUT2D eigenvalue weighted by atomic mass is 10.2. The molecule has 172 valence electrons. The maximum atomic E-state index is 12.7. The van der Waals surface area contributed by atoms with Gasteiger partial charge in [-0.1, -0.05) is 29.8 Å². The summed E-state index contributed by atoms with van der Waals surface area (Å²) in [5.74, 6) is 1.45. The molecule has 2 aromatic carbocycles. The Morgan fingerprint density at radius 2 is 1.50 bits per heavy atom. The van der Waals surface area contributed by atoms with E-state index in [2.05, 4.69) is 15.1 Å². The molecule has 1 saturated heterocycles. The molecule has 2 amide bonds. The van der Waals surface area contributed by atoms with E-state index >= 15 is 0 Å². The van der Waals surface area contributed by atoms with Crippen molar-refractivity contribution in [2.45, 2.75) is 20.8 Å². The number of ether oxygens (including phenoxy) is 1. The molecule has 0 atom stereocenters. The van der Waals surface area contributed by atoms with Gasteiger partial charge in [0.05, 0.1) is 18.8 Å². The molecule has 7 heteroatoms. The number of nitrogens with one attached hydrogen (secondary N) is 1. The monoisotopic (exact) mass is 438 g/mol. The summed E-state index contributed by atoms with van der Waals surface area (Å²) in [4.78, 5) is 31.1. The van der Waals surface area contributed by atoms with Gasteiger partial charge in [0.1, 0.15) is 5.75 Å². The molecule has 2 aromatic rings. The molecule has 0 spiro atoms. The van der Waals surface area contributed by atoms with Crippen molar-refractivity contribution in [1.82, 2.24) is 14.7 Å². The van der Waals surface area contributed by atoms with Gasteiger partial charge in [0, 0.05) is 39.3 Å². The number of hydrogen-bond acceptors (Lipinski definition) is 5. The SMILES string of the molecule is CCN(CC)C(=O)CN1CCN(CC(=O)Nc2ccccc2Oc2ccc(C)cc2)CC1. The molecular weight excluding hydrogens is 404 g/mol. The van der Waals surface area contributed by atoms with Crippen LogP contribution in [0.1, 0.15) is 19.4 Å². The fraction of sp³-hybridized carbons (Fsp3) is 0.440. The van der Waals surface area contributed by atoms with Gasteiger partial charge in [0.2, 0.25) is 11.8 Å². The molecule has 1 N–H and O–H groups in total. The van der Waals surface area contributed by atoms with Crippen molar-refractivity contribution in [1.29, 1.82) is 0 Å². The van der Waals surface area contributed by atoms with Gasteiger partial charge in [-0.25, -0.2) is 0 Å². The molecule has 0 bridgehead atoms. The molecule has 1 heterocycles. The van der Waals surface area contributed by atoms with Gasteiger partial charge < -0.3 is 15.0 Å². The van der Waals surface area contributed by atoms with Crippen molar-refractivity contribution in [2.75, 3.05) is 57.7 Å². The Morgan fingerprint density at radius 1 is 0.906 bits per heavy atom. The van der Waals surface area contributed by atoms with Crippen LogP contribution in [-0.4, -0.2) is 78.9 Å². The van der Waals surface area contributed by atoms with Crippen LogP contribution in [0.3, 0.4) is 0 Å². The quantitative estimate of drug-likeness (QED) is 0.651. The summed E-state index contributed by atoms with van der Waals surface area (Å²) in [5, 5.41) is 2.98. The van der Waals surface area contributed by atoms with E-state index in [1.807, 2.05) is 74.2 Å². The lowest BCUT2D eigenvalue weighted by Gasteiger charge is -2.34. The maximum Gasteiger partial charge on any atom is 0.238 e. The third-order valence-electron chi connectivity index (χ3n) is 5.72. The molecule has 32 heavy (non-hydrogen) atoms. The molecule has 7 nitrogen and oxygen atoms in total. The Kier molecular flexibility index (Phi) is 8.64. The summed E-state index contributed by atoms with van der Waals surface area (Å²) in [7, 11) is 0. The summed E-state index contributed by atoms with van der Waals surface area (Å²) in [6.45, 7) is 11.4. The van der Waals surface area contributed by atoms with E-state index in [-0.39, 0.29) is 11.8 Å². The van der Waals surface area contributed by atoms with E-state index in [1.165, 1.54) is 0 Å². The summed E-state index contributed by atoms with van der Waals surface area (Å²) < 4.78 is 5.97. The number of amides is 2. The third-order valence-corrected chi connectivity index (χ3v) is 5.72. The van der Waals surface area contributed by atoms with Gasteiger partial charge in [-0.05, 0) is 45.0 Å². The standard InChI is InChI=1S/C25H34N4O3/c1-4-29(5-2)25(31)19-28-16-14-27(15-17-28)18-24(30)26-22-8-6-7-9-23(22)32-21-12-10-20(3)11-13-21/h6-13H,4-5,14-19H2,1-3H3,(H,26,30). The Balaban J connectivity index is 1.48. The largest absolute Gasteiger partial charge is 0.455 e. The maximum absolute atomic E-state index is 12.7. The van der Waals surface area contributed by atoms with Crippen molar-refractivity contribution in [3.05, 3.63) is 54.1 Å². The summed E-state index contributed by atoms with van der Waals surface area (Å²) in [5.41, 5.74) is 1.82. The van der Waals surface area contributed by atoms with E-state index in [1.54, 1.807) is 0 Å². The summed E-state index contributed by atoms with van der Waals surface area (Å²) in [6.07, 6.45) is 0. The first-order valence-corrected chi connectivity index (χ1v) is 11.3. The van der Waals surface area contributed by atoms with Gasteiger partial charge in [-0.15, -0.1) is 0 Å². The number of benzene rings is 2. The minimum Gasteiger partial charge on any atom is -0.455 e. The van der Waals surface area contributed by atoms with Crippen LogP contribution in [0.25, 0.3) is 0 Å². The molecular formula is C25H34N4O3. The van der Waals surface area contributed by atoms with Crippen LogP contribution in [0.2, 0.25) is 0 Å². The van der Waals surface area contributed by atoms with Crippen molar-refractivity contribution >= 4 is 17.5 Å². The molecule has 1 aliphatic heterocycles. The van der Waals surface area contributed by atoms with E-state index in [9.17, 15) is 9.59 Å². The van der Waals surface area contributed by atoms with Crippen molar-refractivity contribution in [3.8, 4) is 11.5 Å². The first-order valence-electron chi connectivity index (χ1n) is 11.3. The fourth-order valence-corrected chi connectivity index (χ4v) is 3.76. The lowest BCUT2D eigenvalue weighted by molar-refractivity contribution is -0.132. The summed E-state index contributed by atoms with van der Waals surface area (Å²) >= 11 is 0. The minimum absolute atomic E-state index is 0.0716. The molecule has 0 aromatic heterocycles. The molecule has 3 rings (SSSR count). The normalized spacial score (nSPS) is 14.7. The number of aryl methyl sites for hydroxylation is 1.